The van der Waals surface area contributed by atoms with Gasteiger partial charge in [0.2, 0.25) is 5.91 Å². The van der Waals surface area contributed by atoms with E-state index in [0.717, 1.165) is 18.4 Å². The van der Waals surface area contributed by atoms with E-state index >= 15 is 0 Å². The van der Waals surface area contributed by atoms with Crippen LogP contribution in [-0.4, -0.2) is 24.4 Å². The molecule has 2 aromatic carbocycles. The van der Waals surface area contributed by atoms with Crippen molar-refractivity contribution in [1.29, 1.82) is 0 Å². The summed E-state index contributed by atoms with van der Waals surface area (Å²) >= 11 is 0. The Balaban J connectivity index is 1.57. The number of hydrogen-bond donors (Lipinski definition) is 3. The van der Waals surface area contributed by atoms with Crippen molar-refractivity contribution in [1.82, 2.24) is 10.6 Å². The molecule has 0 aliphatic heterocycles. The van der Waals surface area contributed by atoms with E-state index in [0.29, 0.717) is 11.3 Å². The zero-order chi connectivity index (χ0) is 20.1. The molecule has 0 saturated heterocycles. The van der Waals surface area contributed by atoms with Gasteiger partial charge in [-0.15, -0.1) is 0 Å². The summed E-state index contributed by atoms with van der Waals surface area (Å²) in [5.41, 5.74) is 2.05. The first-order valence-corrected chi connectivity index (χ1v) is 9.62. The highest BCUT2D eigenvalue weighted by Crippen LogP contribution is 2.22. The monoisotopic (exact) mass is 383 g/mol. The van der Waals surface area contributed by atoms with E-state index in [4.69, 9.17) is 0 Å². The number of benzene rings is 2. The maximum absolute atomic E-state index is 13.2. The molecule has 3 N–H and O–H groups in total. The minimum atomic E-state index is -0.283. The second kappa shape index (κ2) is 8.97. The van der Waals surface area contributed by atoms with Crippen molar-refractivity contribution in [2.45, 2.75) is 38.8 Å². The minimum absolute atomic E-state index is 0.0676. The summed E-state index contributed by atoms with van der Waals surface area (Å²) in [6.45, 7) is 4.19. The molecule has 1 aliphatic carbocycles. The Labute approximate surface area is 164 Å². The summed E-state index contributed by atoms with van der Waals surface area (Å²) < 4.78 is 13.2. The summed E-state index contributed by atoms with van der Waals surface area (Å²) in [6.07, 6.45) is 2.05. The number of carbonyl (C=O) groups is 2. The lowest BCUT2D eigenvalue weighted by atomic mass is 9.96. The van der Waals surface area contributed by atoms with E-state index in [1.54, 1.807) is 36.4 Å². The lowest BCUT2D eigenvalue weighted by molar-refractivity contribution is -0.115. The van der Waals surface area contributed by atoms with Crippen LogP contribution in [0.15, 0.2) is 48.5 Å². The third kappa shape index (κ3) is 5.63. The fourth-order valence-electron chi connectivity index (χ4n) is 3.05. The van der Waals surface area contributed by atoms with Crippen molar-refractivity contribution < 1.29 is 14.0 Å². The van der Waals surface area contributed by atoms with Crippen LogP contribution in [-0.2, 0) is 4.79 Å². The molecule has 5 nitrogen and oxygen atoms in total. The van der Waals surface area contributed by atoms with Gasteiger partial charge in [-0.25, -0.2) is 4.39 Å². The van der Waals surface area contributed by atoms with Crippen molar-refractivity contribution in [2.24, 2.45) is 5.92 Å². The second-order valence-electron chi connectivity index (χ2n) is 7.53. The predicted octanol–water partition coefficient (Wildman–Crippen LogP) is 3.64. The molecule has 1 aliphatic rings. The lowest BCUT2D eigenvalue weighted by Gasteiger charge is -2.23. The number of anilines is 1. The first kappa shape index (κ1) is 20.0. The van der Waals surface area contributed by atoms with Gasteiger partial charge in [0.25, 0.3) is 5.91 Å². The molecule has 3 rings (SSSR count). The van der Waals surface area contributed by atoms with Crippen LogP contribution in [0.3, 0.4) is 0 Å². The fraction of sp³-hybridized carbons (Fsp3) is 0.364. The standard InChI is InChI=1S/C22H26FN3O2/c1-14(2)21(15-6-8-17(23)9-7-15)24-13-20(27)25-19-5-3-4-16(12-19)22(28)26-18-10-11-18/h3-9,12,14,18,21,24H,10-11,13H2,1-2H3,(H,25,27)(H,26,28). The summed E-state index contributed by atoms with van der Waals surface area (Å²) in [5, 5.41) is 8.99. The SMILES string of the molecule is CC(C)C(NCC(=O)Nc1cccc(C(=O)NC2CC2)c1)c1ccc(F)cc1. The number of amides is 2. The number of rotatable bonds is 8. The van der Waals surface area contributed by atoms with E-state index in [1.165, 1.54) is 12.1 Å². The Hall–Kier alpha value is -2.73. The molecule has 1 atom stereocenters. The summed E-state index contributed by atoms with van der Waals surface area (Å²) in [6, 6.07) is 13.4. The van der Waals surface area contributed by atoms with Crippen molar-refractivity contribution in [2.75, 3.05) is 11.9 Å². The van der Waals surface area contributed by atoms with Gasteiger partial charge in [0, 0.05) is 23.3 Å². The minimum Gasteiger partial charge on any atom is -0.349 e. The van der Waals surface area contributed by atoms with Crippen LogP contribution in [0, 0.1) is 11.7 Å². The third-order valence-corrected chi connectivity index (χ3v) is 4.70. The van der Waals surface area contributed by atoms with E-state index in [9.17, 15) is 14.0 Å². The molecular weight excluding hydrogens is 357 g/mol. The molecular formula is C22H26FN3O2. The van der Waals surface area contributed by atoms with Crippen molar-refractivity contribution in [3.05, 3.63) is 65.5 Å². The first-order chi connectivity index (χ1) is 13.4. The van der Waals surface area contributed by atoms with Crippen LogP contribution in [0.1, 0.15) is 48.7 Å². The Morgan fingerprint density at radius 2 is 1.82 bits per heavy atom. The zero-order valence-corrected chi connectivity index (χ0v) is 16.2. The van der Waals surface area contributed by atoms with Gasteiger partial charge >= 0.3 is 0 Å². The molecule has 2 amide bonds. The van der Waals surface area contributed by atoms with Crippen molar-refractivity contribution in [3.8, 4) is 0 Å². The molecule has 0 heterocycles. The molecule has 1 unspecified atom stereocenters. The topological polar surface area (TPSA) is 70.2 Å². The molecule has 1 fully saturated rings. The van der Waals surface area contributed by atoms with Gasteiger partial charge in [-0.05, 0) is 54.7 Å². The molecule has 148 valence electrons. The smallest absolute Gasteiger partial charge is 0.251 e. The van der Waals surface area contributed by atoms with Crippen LogP contribution in [0.2, 0.25) is 0 Å². The van der Waals surface area contributed by atoms with Gasteiger partial charge in [0.05, 0.1) is 6.54 Å². The molecule has 28 heavy (non-hydrogen) atoms. The predicted molar refractivity (Wildman–Crippen MR) is 108 cm³/mol. The third-order valence-electron chi connectivity index (χ3n) is 4.70. The summed E-state index contributed by atoms with van der Waals surface area (Å²) in [5.74, 6) is -0.372. The van der Waals surface area contributed by atoms with Gasteiger partial charge in [0.1, 0.15) is 5.82 Å². The zero-order valence-electron chi connectivity index (χ0n) is 16.2. The highest BCUT2D eigenvalue weighted by atomic mass is 19.1. The average molecular weight is 383 g/mol. The van der Waals surface area contributed by atoms with Gasteiger partial charge < -0.3 is 16.0 Å². The Morgan fingerprint density at radius 1 is 1.11 bits per heavy atom. The van der Waals surface area contributed by atoms with Crippen LogP contribution < -0.4 is 16.0 Å². The molecule has 0 aromatic heterocycles. The van der Waals surface area contributed by atoms with Crippen LogP contribution >= 0.6 is 0 Å². The second-order valence-corrected chi connectivity index (χ2v) is 7.53. The average Bonchev–Trinajstić information content (AvgIpc) is 3.47. The van der Waals surface area contributed by atoms with Gasteiger partial charge in [-0.3, -0.25) is 9.59 Å². The van der Waals surface area contributed by atoms with Crippen molar-refractivity contribution in [3.63, 3.8) is 0 Å². The largest absolute Gasteiger partial charge is 0.349 e. The molecule has 2 aromatic rings. The van der Waals surface area contributed by atoms with Gasteiger partial charge in [0.15, 0.2) is 0 Å². The number of carbonyl (C=O) groups excluding carboxylic acids is 2. The van der Waals surface area contributed by atoms with Crippen molar-refractivity contribution >= 4 is 17.5 Å². The molecule has 0 bridgehead atoms. The van der Waals surface area contributed by atoms with Crippen LogP contribution in [0.5, 0.6) is 0 Å². The van der Waals surface area contributed by atoms with Crippen LogP contribution in [0.4, 0.5) is 10.1 Å². The van der Waals surface area contributed by atoms with Gasteiger partial charge in [-0.1, -0.05) is 32.0 Å². The lowest BCUT2D eigenvalue weighted by Crippen LogP contribution is -2.33. The summed E-state index contributed by atoms with van der Waals surface area (Å²) in [7, 11) is 0. The summed E-state index contributed by atoms with van der Waals surface area (Å²) in [4.78, 5) is 24.5. The van der Waals surface area contributed by atoms with Gasteiger partial charge in [-0.2, -0.15) is 0 Å². The Bertz CT molecular complexity index is 832. The number of hydrogen-bond acceptors (Lipinski definition) is 3. The maximum atomic E-state index is 13.2. The Kier molecular flexibility index (Phi) is 6.41. The first-order valence-electron chi connectivity index (χ1n) is 9.62. The fourth-order valence-corrected chi connectivity index (χ4v) is 3.05. The quantitative estimate of drug-likeness (QED) is 0.652. The van der Waals surface area contributed by atoms with E-state index in [-0.39, 0.29) is 42.2 Å². The number of nitrogens with one attached hydrogen (secondary N) is 3. The maximum Gasteiger partial charge on any atom is 0.251 e. The van der Waals surface area contributed by atoms with E-state index in [1.807, 2.05) is 13.8 Å². The normalized spacial score (nSPS) is 14.6. The highest BCUT2D eigenvalue weighted by molar-refractivity contribution is 5.97. The highest BCUT2D eigenvalue weighted by Gasteiger charge is 2.24. The Morgan fingerprint density at radius 3 is 2.46 bits per heavy atom. The molecule has 6 heteroatoms. The molecule has 1 saturated carbocycles. The molecule has 0 spiro atoms. The van der Waals surface area contributed by atoms with Crippen LogP contribution in [0.25, 0.3) is 0 Å². The molecule has 0 radical (unpaired) electrons. The number of halogens is 1. The van der Waals surface area contributed by atoms with E-state index in [2.05, 4.69) is 16.0 Å². The van der Waals surface area contributed by atoms with E-state index < -0.39 is 0 Å².